The van der Waals surface area contributed by atoms with Gasteiger partial charge in [-0.25, -0.2) is 0 Å². The lowest BCUT2D eigenvalue weighted by molar-refractivity contribution is 0.0708. The van der Waals surface area contributed by atoms with Gasteiger partial charge in [0.05, 0.1) is 24.0 Å². The van der Waals surface area contributed by atoms with Crippen LogP contribution in [-0.4, -0.2) is 55.0 Å². The third kappa shape index (κ3) is 3.80. The van der Waals surface area contributed by atoms with Crippen LogP contribution >= 0.6 is 12.4 Å². The molecule has 8 nitrogen and oxygen atoms in total. The minimum atomic E-state index is 0. The highest BCUT2D eigenvalue weighted by molar-refractivity contribution is 5.95. The van der Waals surface area contributed by atoms with Crippen molar-refractivity contribution >= 4 is 18.3 Å². The molecule has 158 valence electrons. The number of carbonyl (C=O) groups is 1. The van der Waals surface area contributed by atoms with Gasteiger partial charge in [0.2, 0.25) is 0 Å². The number of fused-ring (bicyclic) bond motifs is 1. The minimum absolute atomic E-state index is 0. The summed E-state index contributed by atoms with van der Waals surface area (Å²) in [5, 5.41) is 16.7. The Hall–Kier alpha value is -1.93. The lowest BCUT2D eigenvalue weighted by Crippen LogP contribution is -2.39. The summed E-state index contributed by atoms with van der Waals surface area (Å²) in [6, 6.07) is 0. The Labute approximate surface area is 177 Å². The lowest BCUT2D eigenvalue weighted by atomic mass is 9.95. The van der Waals surface area contributed by atoms with E-state index in [-0.39, 0.29) is 18.3 Å². The monoisotopic (exact) mass is 419 g/mol. The van der Waals surface area contributed by atoms with Crippen LogP contribution in [0, 0.1) is 0 Å². The van der Waals surface area contributed by atoms with Crippen LogP contribution in [0.1, 0.15) is 78.6 Å². The molecule has 1 aliphatic carbocycles. The zero-order valence-electron chi connectivity index (χ0n) is 17.0. The molecule has 2 aliphatic heterocycles. The number of aromatic nitrogens is 5. The van der Waals surface area contributed by atoms with Gasteiger partial charge >= 0.3 is 0 Å². The number of piperidine rings is 1. The lowest BCUT2D eigenvalue weighted by Gasteiger charge is -2.32. The fourth-order valence-electron chi connectivity index (χ4n) is 4.66. The molecule has 5 rings (SSSR count). The summed E-state index contributed by atoms with van der Waals surface area (Å²) in [6.45, 7) is 7.34. The Morgan fingerprint density at radius 1 is 1.14 bits per heavy atom. The Bertz CT molecular complexity index is 864. The summed E-state index contributed by atoms with van der Waals surface area (Å²) in [6.07, 6.45) is 7.13. The van der Waals surface area contributed by atoms with Crippen molar-refractivity contribution in [2.24, 2.45) is 0 Å². The standard InChI is InChI=1S/C20H29N7O.ClH/c1-2-8-27-18(14-3-4-14)16(12-22-27)20(28)25-9-5-15(6-10-25)19-24-23-17-13-21-7-11-26(17)19;/h12,14-15,21H,2-11,13H2,1H3;1H. The van der Waals surface area contributed by atoms with E-state index in [4.69, 9.17) is 0 Å². The maximum atomic E-state index is 13.2. The third-order valence-electron chi connectivity index (χ3n) is 6.31. The van der Waals surface area contributed by atoms with Gasteiger partial charge in [-0.1, -0.05) is 6.92 Å². The van der Waals surface area contributed by atoms with Crippen molar-refractivity contribution in [3.05, 3.63) is 29.1 Å². The molecule has 1 amide bonds. The summed E-state index contributed by atoms with van der Waals surface area (Å²) in [4.78, 5) is 15.2. The molecule has 0 spiro atoms. The van der Waals surface area contributed by atoms with Gasteiger partial charge in [0.25, 0.3) is 5.91 Å². The first-order valence-electron chi connectivity index (χ1n) is 10.7. The van der Waals surface area contributed by atoms with Gasteiger partial charge in [0.1, 0.15) is 11.6 Å². The molecular formula is C20H30ClN7O. The van der Waals surface area contributed by atoms with Crippen molar-refractivity contribution < 1.29 is 4.79 Å². The van der Waals surface area contributed by atoms with E-state index in [1.54, 1.807) is 6.20 Å². The first kappa shape index (κ1) is 20.3. The van der Waals surface area contributed by atoms with Gasteiger partial charge in [-0.15, -0.1) is 22.6 Å². The molecule has 0 radical (unpaired) electrons. The summed E-state index contributed by atoms with van der Waals surface area (Å²) in [7, 11) is 0. The molecule has 2 fully saturated rings. The number of amides is 1. The maximum absolute atomic E-state index is 13.2. The highest BCUT2D eigenvalue weighted by Gasteiger charge is 2.35. The van der Waals surface area contributed by atoms with Gasteiger partial charge in [0, 0.05) is 44.6 Å². The quantitative estimate of drug-likeness (QED) is 0.804. The number of carbonyl (C=O) groups excluding carboxylic acids is 1. The van der Waals surface area contributed by atoms with Crippen molar-refractivity contribution in [2.75, 3.05) is 19.6 Å². The van der Waals surface area contributed by atoms with Crippen LogP contribution in [0.15, 0.2) is 6.20 Å². The molecule has 1 N–H and O–H groups in total. The van der Waals surface area contributed by atoms with Gasteiger partial charge in [-0.05, 0) is 32.1 Å². The van der Waals surface area contributed by atoms with Crippen molar-refractivity contribution in [1.29, 1.82) is 0 Å². The van der Waals surface area contributed by atoms with Crippen molar-refractivity contribution in [3.63, 3.8) is 0 Å². The Balaban J connectivity index is 0.00000205. The summed E-state index contributed by atoms with van der Waals surface area (Å²) in [5.41, 5.74) is 2.01. The second kappa shape index (κ2) is 8.44. The summed E-state index contributed by atoms with van der Waals surface area (Å²) in [5.74, 6) is 3.24. The van der Waals surface area contributed by atoms with Crippen LogP contribution in [0.4, 0.5) is 0 Å². The molecule has 0 unspecified atom stereocenters. The zero-order chi connectivity index (χ0) is 19.1. The highest BCUT2D eigenvalue weighted by Crippen LogP contribution is 2.42. The zero-order valence-corrected chi connectivity index (χ0v) is 17.8. The summed E-state index contributed by atoms with van der Waals surface area (Å²) >= 11 is 0. The fourth-order valence-corrected chi connectivity index (χ4v) is 4.66. The van der Waals surface area contributed by atoms with Crippen LogP contribution < -0.4 is 5.32 Å². The average Bonchev–Trinajstić information content (AvgIpc) is 3.34. The van der Waals surface area contributed by atoms with Crippen LogP contribution in [0.25, 0.3) is 0 Å². The number of rotatable bonds is 5. The largest absolute Gasteiger partial charge is 0.338 e. The molecule has 9 heteroatoms. The highest BCUT2D eigenvalue weighted by atomic mass is 35.5. The number of hydrogen-bond donors (Lipinski definition) is 1. The number of nitrogens with one attached hydrogen (secondary N) is 1. The predicted molar refractivity (Wildman–Crippen MR) is 111 cm³/mol. The van der Waals surface area contributed by atoms with Crippen LogP contribution in [0.2, 0.25) is 0 Å². The van der Waals surface area contributed by atoms with Crippen molar-refractivity contribution in [3.8, 4) is 0 Å². The second-order valence-electron chi connectivity index (χ2n) is 8.31. The molecule has 2 aromatic heterocycles. The molecule has 0 atom stereocenters. The number of hydrogen-bond acceptors (Lipinski definition) is 5. The molecule has 4 heterocycles. The molecule has 1 saturated carbocycles. The average molecular weight is 420 g/mol. The number of nitrogens with zero attached hydrogens (tertiary/aromatic N) is 6. The van der Waals surface area contributed by atoms with E-state index in [1.165, 1.54) is 18.5 Å². The predicted octanol–water partition coefficient (Wildman–Crippen LogP) is 2.31. The normalized spacial score (nSPS) is 19.7. The Morgan fingerprint density at radius 2 is 1.93 bits per heavy atom. The van der Waals surface area contributed by atoms with Gasteiger partial charge < -0.3 is 14.8 Å². The molecule has 2 aromatic rings. The summed E-state index contributed by atoms with van der Waals surface area (Å²) < 4.78 is 4.34. The van der Waals surface area contributed by atoms with E-state index in [2.05, 4.69) is 36.8 Å². The molecule has 0 aromatic carbocycles. The topological polar surface area (TPSA) is 80.9 Å². The fraction of sp³-hybridized carbons (Fsp3) is 0.700. The van der Waals surface area contributed by atoms with E-state index in [1.807, 2.05) is 4.90 Å². The second-order valence-corrected chi connectivity index (χ2v) is 8.31. The Morgan fingerprint density at radius 3 is 2.66 bits per heavy atom. The first-order valence-corrected chi connectivity index (χ1v) is 10.7. The van der Waals surface area contributed by atoms with E-state index >= 15 is 0 Å². The number of halogens is 1. The third-order valence-corrected chi connectivity index (χ3v) is 6.31. The van der Waals surface area contributed by atoms with Gasteiger partial charge in [0.15, 0.2) is 0 Å². The van der Waals surface area contributed by atoms with Gasteiger partial charge in [-0.2, -0.15) is 5.10 Å². The Kier molecular flexibility index (Phi) is 5.92. The van der Waals surface area contributed by atoms with E-state index in [0.29, 0.717) is 11.8 Å². The maximum Gasteiger partial charge on any atom is 0.257 e. The van der Waals surface area contributed by atoms with E-state index in [9.17, 15) is 4.79 Å². The van der Waals surface area contributed by atoms with E-state index in [0.717, 1.165) is 75.7 Å². The minimum Gasteiger partial charge on any atom is -0.338 e. The number of likely N-dealkylation sites (tertiary alicyclic amines) is 1. The number of aryl methyl sites for hydroxylation is 1. The smallest absolute Gasteiger partial charge is 0.257 e. The molecular weight excluding hydrogens is 390 g/mol. The van der Waals surface area contributed by atoms with Gasteiger partial charge in [-0.3, -0.25) is 9.48 Å². The molecule has 0 bridgehead atoms. The SMILES string of the molecule is CCCn1ncc(C(=O)N2CCC(c3nnc4n3CCNC4)CC2)c1C1CC1.Cl. The molecule has 3 aliphatic rings. The molecule has 29 heavy (non-hydrogen) atoms. The van der Waals surface area contributed by atoms with Crippen LogP contribution in [-0.2, 0) is 19.6 Å². The first-order chi connectivity index (χ1) is 13.8. The molecule has 1 saturated heterocycles. The van der Waals surface area contributed by atoms with Crippen molar-refractivity contribution in [1.82, 2.24) is 34.8 Å². The van der Waals surface area contributed by atoms with E-state index < -0.39 is 0 Å². The van der Waals surface area contributed by atoms with Crippen LogP contribution in [0.3, 0.4) is 0 Å². The van der Waals surface area contributed by atoms with Crippen LogP contribution in [0.5, 0.6) is 0 Å². The van der Waals surface area contributed by atoms with Crippen molar-refractivity contribution in [2.45, 2.75) is 70.5 Å².